The van der Waals surface area contributed by atoms with Gasteiger partial charge in [0.1, 0.15) is 15.7 Å². The normalized spacial score (nSPS) is 15.7. The van der Waals surface area contributed by atoms with Crippen molar-refractivity contribution in [3.63, 3.8) is 0 Å². The van der Waals surface area contributed by atoms with Crippen molar-refractivity contribution in [3.05, 3.63) is 52.9 Å². The summed E-state index contributed by atoms with van der Waals surface area (Å²) in [6.07, 6.45) is 0.720. The molecule has 3 nitrogen and oxygen atoms in total. The Kier molecular flexibility index (Phi) is 6.15. The largest absolute Gasteiger partial charge is 0.598 e. The fourth-order valence-corrected chi connectivity index (χ4v) is 3.46. The summed E-state index contributed by atoms with van der Waals surface area (Å²) >= 11 is 5.00. The molecule has 0 spiro atoms. The maximum Gasteiger partial charge on any atom is 0.136 e. The summed E-state index contributed by atoms with van der Waals surface area (Å²) in [7, 11) is 0. The van der Waals surface area contributed by atoms with Gasteiger partial charge in [-0.2, -0.15) is 0 Å². The fraction of sp³-hybridized carbons (Fsp3) is 0.421. The molecule has 0 aliphatic carbocycles. The van der Waals surface area contributed by atoms with Gasteiger partial charge in [-0.05, 0) is 76.1 Å². The quantitative estimate of drug-likeness (QED) is 0.569. The van der Waals surface area contributed by atoms with Gasteiger partial charge < -0.3 is 4.55 Å². The molecule has 0 fully saturated rings. The van der Waals surface area contributed by atoms with E-state index in [1.807, 2.05) is 40.7 Å². The van der Waals surface area contributed by atoms with Crippen molar-refractivity contribution >= 4 is 23.0 Å². The SMILES string of the molecule is CCC(C)(N[S+]([O-])C(C)(C)C)c1cc(Cl)nc(-c2ccc(F)cc2)c1. The summed E-state index contributed by atoms with van der Waals surface area (Å²) in [5.74, 6) is -0.299. The zero-order chi connectivity index (χ0) is 18.8. The van der Waals surface area contributed by atoms with Crippen molar-refractivity contribution in [1.29, 1.82) is 0 Å². The maximum absolute atomic E-state index is 13.2. The van der Waals surface area contributed by atoms with Crippen molar-refractivity contribution in [1.82, 2.24) is 9.71 Å². The van der Waals surface area contributed by atoms with Gasteiger partial charge in [-0.3, -0.25) is 0 Å². The Balaban J connectivity index is 2.44. The highest BCUT2D eigenvalue weighted by atomic mass is 35.5. The Morgan fingerprint density at radius 2 is 1.76 bits per heavy atom. The number of rotatable bonds is 5. The predicted molar refractivity (Wildman–Crippen MR) is 103 cm³/mol. The molecule has 1 N–H and O–H groups in total. The van der Waals surface area contributed by atoms with Crippen molar-refractivity contribution in [3.8, 4) is 11.3 Å². The molecule has 2 aromatic rings. The number of hydrogen-bond acceptors (Lipinski definition) is 3. The van der Waals surface area contributed by atoms with E-state index >= 15 is 0 Å². The molecule has 0 aliphatic heterocycles. The number of halogens is 2. The van der Waals surface area contributed by atoms with Crippen LogP contribution in [0.15, 0.2) is 36.4 Å². The molecule has 0 saturated heterocycles. The molecule has 1 aromatic heterocycles. The van der Waals surface area contributed by atoms with Gasteiger partial charge in [0.15, 0.2) is 0 Å². The standard InChI is InChI=1S/C19H24ClFN2OS/c1-6-19(5,23-25(24)18(2,3)4)14-11-16(22-17(20)12-14)13-7-9-15(21)10-8-13/h7-12,23H,6H2,1-5H3. The molecule has 0 saturated carbocycles. The van der Waals surface area contributed by atoms with Gasteiger partial charge in [0.25, 0.3) is 0 Å². The van der Waals surface area contributed by atoms with Crippen LogP contribution in [0.5, 0.6) is 0 Å². The summed E-state index contributed by atoms with van der Waals surface area (Å²) < 4.78 is 28.6. The third kappa shape index (κ3) is 4.94. The van der Waals surface area contributed by atoms with E-state index in [-0.39, 0.29) is 10.6 Å². The Morgan fingerprint density at radius 3 is 2.28 bits per heavy atom. The number of pyridine rings is 1. The monoisotopic (exact) mass is 382 g/mol. The fourth-order valence-electron chi connectivity index (χ4n) is 2.28. The second kappa shape index (κ2) is 7.62. The van der Waals surface area contributed by atoms with Crippen molar-refractivity contribution in [2.45, 2.75) is 51.3 Å². The van der Waals surface area contributed by atoms with Crippen LogP contribution in [-0.2, 0) is 16.9 Å². The lowest BCUT2D eigenvalue weighted by Gasteiger charge is -2.34. The molecule has 0 bridgehead atoms. The third-order valence-electron chi connectivity index (χ3n) is 4.15. The van der Waals surface area contributed by atoms with E-state index in [4.69, 9.17) is 11.6 Å². The van der Waals surface area contributed by atoms with E-state index < -0.39 is 16.9 Å². The lowest BCUT2D eigenvalue weighted by atomic mass is 9.90. The molecule has 0 radical (unpaired) electrons. The van der Waals surface area contributed by atoms with E-state index in [1.54, 1.807) is 18.2 Å². The Morgan fingerprint density at radius 1 is 1.16 bits per heavy atom. The second-order valence-corrected chi connectivity index (χ2v) is 9.59. The molecule has 6 heteroatoms. The summed E-state index contributed by atoms with van der Waals surface area (Å²) in [6.45, 7) is 9.80. The van der Waals surface area contributed by atoms with Gasteiger partial charge >= 0.3 is 0 Å². The van der Waals surface area contributed by atoms with Crippen molar-refractivity contribution in [2.24, 2.45) is 0 Å². The molecular weight excluding hydrogens is 359 g/mol. The van der Waals surface area contributed by atoms with Gasteiger partial charge in [-0.15, -0.1) is 4.72 Å². The topological polar surface area (TPSA) is 48.0 Å². The van der Waals surface area contributed by atoms with Crippen LogP contribution in [0.3, 0.4) is 0 Å². The van der Waals surface area contributed by atoms with Crippen LogP contribution in [0, 0.1) is 5.82 Å². The molecule has 2 atom stereocenters. The molecule has 25 heavy (non-hydrogen) atoms. The molecule has 1 heterocycles. The summed E-state index contributed by atoms with van der Waals surface area (Å²) in [6, 6.07) is 9.82. The molecule has 136 valence electrons. The first-order valence-corrected chi connectivity index (χ1v) is 9.71. The zero-order valence-electron chi connectivity index (χ0n) is 15.2. The number of nitrogens with zero attached hydrogens (tertiary/aromatic N) is 1. The summed E-state index contributed by atoms with van der Waals surface area (Å²) in [5.41, 5.74) is 1.80. The first-order valence-electron chi connectivity index (χ1n) is 8.19. The van der Waals surface area contributed by atoms with Crippen LogP contribution in [0.25, 0.3) is 11.3 Å². The molecule has 2 rings (SSSR count). The van der Waals surface area contributed by atoms with Gasteiger partial charge in [-0.1, -0.05) is 18.5 Å². The highest BCUT2D eigenvalue weighted by Gasteiger charge is 2.36. The van der Waals surface area contributed by atoms with E-state index in [9.17, 15) is 8.94 Å². The van der Waals surface area contributed by atoms with Crippen molar-refractivity contribution in [2.75, 3.05) is 0 Å². The highest BCUT2D eigenvalue weighted by molar-refractivity contribution is 7.90. The van der Waals surface area contributed by atoms with Gasteiger partial charge in [0.05, 0.1) is 11.2 Å². The van der Waals surface area contributed by atoms with Crippen LogP contribution >= 0.6 is 11.6 Å². The number of aromatic nitrogens is 1. The number of hydrogen-bond donors (Lipinski definition) is 1. The van der Waals surface area contributed by atoms with Crippen LogP contribution < -0.4 is 4.72 Å². The lowest BCUT2D eigenvalue weighted by molar-refractivity contribution is 0.408. The van der Waals surface area contributed by atoms with E-state index in [2.05, 4.69) is 9.71 Å². The predicted octanol–water partition coefficient (Wildman–Crippen LogP) is 5.22. The molecule has 2 unspecified atom stereocenters. The van der Waals surface area contributed by atoms with E-state index in [0.717, 1.165) is 17.5 Å². The molecule has 0 amide bonds. The first-order chi connectivity index (χ1) is 11.5. The molecule has 0 aliphatic rings. The molecule has 1 aromatic carbocycles. The average molecular weight is 383 g/mol. The smallest absolute Gasteiger partial charge is 0.136 e. The summed E-state index contributed by atoms with van der Waals surface area (Å²) in [4.78, 5) is 4.35. The third-order valence-corrected chi connectivity index (χ3v) is 6.09. The highest BCUT2D eigenvalue weighted by Crippen LogP contribution is 2.32. The van der Waals surface area contributed by atoms with E-state index in [1.165, 1.54) is 12.1 Å². The Hall–Kier alpha value is -1.14. The van der Waals surface area contributed by atoms with Gasteiger partial charge in [0.2, 0.25) is 0 Å². The minimum Gasteiger partial charge on any atom is -0.598 e. The van der Waals surface area contributed by atoms with Crippen LogP contribution in [0.1, 0.15) is 46.6 Å². The average Bonchev–Trinajstić information content (AvgIpc) is 2.53. The van der Waals surface area contributed by atoms with Gasteiger partial charge in [0, 0.05) is 16.9 Å². The van der Waals surface area contributed by atoms with Crippen LogP contribution in [0.4, 0.5) is 4.39 Å². The summed E-state index contributed by atoms with van der Waals surface area (Å²) in [5, 5.41) is 0.347. The van der Waals surface area contributed by atoms with Crippen molar-refractivity contribution < 1.29 is 8.94 Å². The van der Waals surface area contributed by atoms with Crippen LogP contribution in [0.2, 0.25) is 5.15 Å². The maximum atomic E-state index is 13.2. The minimum absolute atomic E-state index is 0.299. The van der Waals surface area contributed by atoms with E-state index in [0.29, 0.717) is 10.8 Å². The first kappa shape index (κ1) is 20.2. The Bertz CT molecular complexity index is 733. The lowest BCUT2D eigenvalue weighted by Crippen LogP contribution is -2.49. The van der Waals surface area contributed by atoms with Crippen LogP contribution in [-0.4, -0.2) is 14.3 Å². The second-order valence-electron chi connectivity index (χ2n) is 7.24. The van der Waals surface area contributed by atoms with Gasteiger partial charge in [-0.25, -0.2) is 9.37 Å². The Labute approximate surface area is 157 Å². The molecular formula is C19H24ClFN2OS. The zero-order valence-corrected chi connectivity index (χ0v) is 16.8. The number of nitrogens with one attached hydrogen (secondary N) is 1. The number of benzene rings is 1. The minimum atomic E-state index is -1.23.